The Labute approximate surface area is 121 Å². The van der Waals surface area contributed by atoms with Crippen molar-refractivity contribution in [2.45, 2.75) is 19.3 Å². The predicted molar refractivity (Wildman–Crippen MR) is 76.6 cm³/mol. The summed E-state index contributed by atoms with van der Waals surface area (Å²) in [6.07, 6.45) is 5.16. The van der Waals surface area contributed by atoms with Gasteiger partial charge in [0.25, 0.3) is 0 Å². The zero-order chi connectivity index (χ0) is 14.8. The van der Waals surface area contributed by atoms with Gasteiger partial charge < -0.3 is 10.4 Å². The summed E-state index contributed by atoms with van der Waals surface area (Å²) in [4.78, 5) is 31.7. The number of benzene rings is 1. The first-order valence-electron chi connectivity index (χ1n) is 6.89. The molecule has 1 amide bonds. The van der Waals surface area contributed by atoms with Crippen molar-refractivity contribution in [3.8, 4) is 0 Å². The Kier molecular flexibility index (Phi) is 3.51. The summed E-state index contributed by atoms with van der Waals surface area (Å²) in [5, 5.41) is 11.9. The van der Waals surface area contributed by atoms with Gasteiger partial charge in [0.05, 0.1) is 22.9 Å². The average Bonchev–Trinajstić information content (AvgIpc) is 2.97. The second-order valence-electron chi connectivity index (χ2n) is 5.23. The summed E-state index contributed by atoms with van der Waals surface area (Å²) < 4.78 is 0. The number of hydrogen-bond acceptors (Lipinski definition) is 4. The SMILES string of the molecule is O=C(O)[C@H]1CCC[C@H]1C(=O)Nc1ccc2nccnc2c1. The van der Waals surface area contributed by atoms with E-state index in [9.17, 15) is 9.59 Å². The van der Waals surface area contributed by atoms with Crippen LogP contribution in [0.3, 0.4) is 0 Å². The molecule has 1 aliphatic carbocycles. The average molecular weight is 285 g/mol. The lowest BCUT2D eigenvalue weighted by Crippen LogP contribution is -2.29. The molecule has 6 heteroatoms. The van der Waals surface area contributed by atoms with Crippen molar-refractivity contribution < 1.29 is 14.7 Å². The molecule has 2 atom stereocenters. The van der Waals surface area contributed by atoms with Gasteiger partial charge in [-0.05, 0) is 31.0 Å². The Bertz CT molecular complexity index is 701. The van der Waals surface area contributed by atoms with E-state index in [0.29, 0.717) is 24.0 Å². The maximum Gasteiger partial charge on any atom is 0.307 e. The number of fused-ring (bicyclic) bond motifs is 1. The predicted octanol–water partition coefficient (Wildman–Crippen LogP) is 2.07. The van der Waals surface area contributed by atoms with E-state index in [-0.39, 0.29) is 5.91 Å². The standard InChI is InChI=1S/C15H15N3O3/c19-14(10-2-1-3-11(10)15(20)21)18-9-4-5-12-13(8-9)17-7-6-16-12/h4-8,10-11H,1-3H2,(H,18,19)(H,20,21)/t10-,11+/m1/s1. The largest absolute Gasteiger partial charge is 0.481 e. The number of nitrogens with one attached hydrogen (secondary N) is 1. The molecular weight excluding hydrogens is 270 g/mol. The van der Waals surface area contributed by atoms with Crippen LogP contribution in [0, 0.1) is 11.8 Å². The van der Waals surface area contributed by atoms with Crippen LogP contribution in [-0.2, 0) is 9.59 Å². The monoisotopic (exact) mass is 285 g/mol. The summed E-state index contributed by atoms with van der Waals surface area (Å²) in [5.41, 5.74) is 2.06. The number of anilines is 1. The number of hydrogen-bond donors (Lipinski definition) is 2. The molecule has 2 N–H and O–H groups in total. The summed E-state index contributed by atoms with van der Waals surface area (Å²) in [5.74, 6) is -2.16. The van der Waals surface area contributed by atoms with Crippen molar-refractivity contribution in [2.75, 3.05) is 5.32 Å². The van der Waals surface area contributed by atoms with Crippen LogP contribution < -0.4 is 5.32 Å². The first kappa shape index (κ1) is 13.5. The van der Waals surface area contributed by atoms with E-state index in [1.54, 1.807) is 30.6 Å². The molecule has 0 radical (unpaired) electrons. The van der Waals surface area contributed by atoms with E-state index in [1.165, 1.54) is 0 Å². The van der Waals surface area contributed by atoms with Crippen molar-refractivity contribution in [3.63, 3.8) is 0 Å². The molecule has 0 aliphatic heterocycles. The minimum Gasteiger partial charge on any atom is -0.481 e. The lowest BCUT2D eigenvalue weighted by molar-refractivity contribution is -0.145. The fourth-order valence-corrected chi connectivity index (χ4v) is 2.85. The van der Waals surface area contributed by atoms with Crippen LogP contribution in [0.4, 0.5) is 5.69 Å². The van der Waals surface area contributed by atoms with Gasteiger partial charge in [-0.25, -0.2) is 0 Å². The highest BCUT2D eigenvalue weighted by Gasteiger charge is 2.37. The van der Waals surface area contributed by atoms with Crippen LogP contribution in [0.2, 0.25) is 0 Å². The molecule has 1 aliphatic rings. The number of rotatable bonds is 3. The number of aliphatic carboxylic acids is 1. The zero-order valence-corrected chi connectivity index (χ0v) is 11.3. The third-order valence-electron chi connectivity index (χ3n) is 3.91. The number of aromatic nitrogens is 2. The Morgan fingerprint density at radius 1 is 1.10 bits per heavy atom. The highest BCUT2D eigenvalue weighted by Crippen LogP contribution is 2.33. The van der Waals surface area contributed by atoms with Gasteiger partial charge in [0.15, 0.2) is 0 Å². The summed E-state index contributed by atoms with van der Waals surface area (Å²) in [7, 11) is 0. The molecule has 0 bridgehead atoms. The topological polar surface area (TPSA) is 92.2 Å². The van der Waals surface area contributed by atoms with Crippen LogP contribution in [0.5, 0.6) is 0 Å². The second kappa shape index (κ2) is 5.47. The van der Waals surface area contributed by atoms with Gasteiger partial charge in [-0.15, -0.1) is 0 Å². The molecule has 1 fully saturated rings. The Morgan fingerprint density at radius 3 is 2.57 bits per heavy atom. The highest BCUT2D eigenvalue weighted by atomic mass is 16.4. The number of nitrogens with zero attached hydrogens (tertiary/aromatic N) is 2. The molecule has 1 aromatic heterocycles. The first-order chi connectivity index (χ1) is 10.1. The van der Waals surface area contributed by atoms with Crippen LogP contribution >= 0.6 is 0 Å². The Morgan fingerprint density at radius 2 is 1.81 bits per heavy atom. The molecule has 3 rings (SSSR count). The van der Waals surface area contributed by atoms with E-state index in [1.807, 2.05) is 0 Å². The molecule has 108 valence electrons. The first-order valence-corrected chi connectivity index (χ1v) is 6.89. The molecular formula is C15H15N3O3. The quantitative estimate of drug-likeness (QED) is 0.900. The smallest absolute Gasteiger partial charge is 0.307 e. The molecule has 2 aromatic rings. The van der Waals surface area contributed by atoms with Crippen molar-refractivity contribution >= 4 is 28.6 Å². The fourth-order valence-electron chi connectivity index (χ4n) is 2.85. The number of carboxylic acid groups (broad SMARTS) is 1. The Balaban J connectivity index is 1.78. The van der Waals surface area contributed by atoms with Crippen LogP contribution in [0.15, 0.2) is 30.6 Å². The van der Waals surface area contributed by atoms with Crippen molar-refractivity contribution in [1.29, 1.82) is 0 Å². The Hall–Kier alpha value is -2.50. The number of carboxylic acids is 1. The number of amides is 1. The minimum absolute atomic E-state index is 0.233. The maximum atomic E-state index is 12.3. The van der Waals surface area contributed by atoms with Gasteiger partial charge in [0, 0.05) is 18.1 Å². The summed E-state index contributed by atoms with van der Waals surface area (Å²) in [6.45, 7) is 0. The fraction of sp³-hybridized carbons (Fsp3) is 0.333. The van der Waals surface area contributed by atoms with Gasteiger partial charge in [0.1, 0.15) is 0 Å². The second-order valence-corrected chi connectivity index (χ2v) is 5.23. The van der Waals surface area contributed by atoms with Gasteiger partial charge in [0.2, 0.25) is 5.91 Å². The van der Waals surface area contributed by atoms with Crippen LogP contribution in [-0.4, -0.2) is 27.0 Å². The number of carbonyl (C=O) groups excluding carboxylic acids is 1. The molecule has 6 nitrogen and oxygen atoms in total. The van der Waals surface area contributed by atoms with E-state index in [2.05, 4.69) is 15.3 Å². The molecule has 0 spiro atoms. The number of carbonyl (C=O) groups is 2. The molecule has 21 heavy (non-hydrogen) atoms. The van der Waals surface area contributed by atoms with Gasteiger partial charge >= 0.3 is 5.97 Å². The summed E-state index contributed by atoms with van der Waals surface area (Å²) in [6, 6.07) is 5.27. The molecule has 1 aromatic carbocycles. The molecule has 1 saturated carbocycles. The van der Waals surface area contributed by atoms with Crippen LogP contribution in [0.25, 0.3) is 11.0 Å². The van der Waals surface area contributed by atoms with Gasteiger partial charge in [-0.3, -0.25) is 19.6 Å². The van der Waals surface area contributed by atoms with Crippen molar-refractivity contribution in [1.82, 2.24) is 9.97 Å². The normalized spacial score (nSPS) is 21.3. The maximum absolute atomic E-state index is 12.3. The van der Waals surface area contributed by atoms with E-state index >= 15 is 0 Å². The third kappa shape index (κ3) is 2.69. The lowest BCUT2D eigenvalue weighted by Gasteiger charge is -2.15. The third-order valence-corrected chi connectivity index (χ3v) is 3.91. The van der Waals surface area contributed by atoms with Gasteiger partial charge in [-0.1, -0.05) is 6.42 Å². The zero-order valence-electron chi connectivity index (χ0n) is 11.3. The van der Waals surface area contributed by atoms with E-state index in [4.69, 9.17) is 5.11 Å². The van der Waals surface area contributed by atoms with E-state index in [0.717, 1.165) is 11.9 Å². The van der Waals surface area contributed by atoms with Gasteiger partial charge in [-0.2, -0.15) is 0 Å². The lowest BCUT2D eigenvalue weighted by atomic mass is 9.95. The van der Waals surface area contributed by atoms with Crippen LogP contribution in [0.1, 0.15) is 19.3 Å². The highest BCUT2D eigenvalue weighted by molar-refractivity contribution is 5.96. The van der Waals surface area contributed by atoms with E-state index < -0.39 is 17.8 Å². The minimum atomic E-state index is -0.892. The molecule has 0 saturated heterocycles. The summed E-state index contributed by atoms with van der Waals surface area (Å²) >= 11 is 0. The van der Waals surface area contributed by atoms with Crippen molar-refractivity contribution in [2.24, 2.45) is 11.8 Å². The molecule has 1 heterocycles. The van der Waals surface area contributed by atoms with Crippen molar-refractivity contribution in [3.05, 3.63) is 30.6 Å². The molecule has 0 unspecified atom stereocenters.